The van der Waals surface area contributed by atoms with E-state index in [1.165, 1.54) is 13.8 Å². The van der Waals surface area contributed by atoms with Gasteiger partial charge in [-0.1, -0.05) is 30.3 Å². The summed E-state index contributed by atoms with van der Waals surface area (Å²) in [7, 11) is 0. The number of aliphatic carboxylic acids is 1. The third-order valence-corrected chi connectivity index (χ3v) is 4.29. The van der Waals surface area contributed by atoms with Gasteiger partial charge in [0.2, 0.25) is 5.91 Å². The van der Waals surface area contributed by atoms with Gasteiger partial charge in [-0.15, -0.1) is 0 Å². The van der Waals surface area contributed by atoms with Crippen LogP contribution in [0.3, 0.4) is 0 Å². The molecule has 2 rings (SSSR count). The van der Waals surface area contributed by atoms with Gasteiger partial charge in [0.25, 0.3) is 0 Å². The molecular weight excluding hydrogens is 400 g/mol. The second kappa shape index (κ2) is 9.63. The van der Waals surface area contributed by atoms with Gasteiger partial charge in [0, 0.05) is 19.2 Å². The number of rotatable bonds is 8. The zero-order chi connectivity index (χ0) is 23.2. The van der Waals surface area contributed by atoms with Crippen LogP contribution in [0.25, 0.3) is 0 Å². The second-order valence-corrected chi connectivity index (χ2v) is 8.85. The Bertz CT molecular complexity index is 915. The first-order chi connectivity index (χ1) is 14.4. The van der Waals surface area contributed by atoms with E-state index >= 15 is 0 Å². The maximum atomic E-state index is 12.8. The number of aromatic nitrogens is 2. The summed E-state index contributed by atoms with van der Waals surface area (Å²) < 4.78 is 7.12. The Morgan fingerprint density at radius 2 is 1.77 bits per heavy atom. The number of nitrogens with zero attached hydrogens (tertiary/aromatic N) is 2. The summed E-state index contributed by atoms with van der Waals surface area (Å²) in [5.41, 5.74) is -0.587. The summed E-state index contributed by atoms with van der Waals surface area (Å²) in [6, 6.07) is 8.76. The minimum atomic E-state index is -1.50. The number of amides is 2. The van der Waals surface area contributed by atoms with Crippen molar-refractivity contribution in [2.75, 3.05) is 0 Å². The molecule has 168 valence electrons. The van der Waals surface area contributed by atoms with Crippen LogP contribution in [-0.2, 0) is 27.3 Å². The molecule has 0 bridgehead atoms. The average molecular weight is 431 g/mol. The smallest absolute Gasteiger partial charge is 0.408 e. The van der Waals surface area contributed by atoms with E-state index in [4.69, 9.17) is 4.74 Å². The third-order valence-electron chi connectivity index (χ3n) is 4.29. The van der Waals surface area contributed by atoms with Crippen molar-refractivity contribution in [1.29, 1.82) is 0 Å². The van der Waals surface area contributed by atoms with Crippen LogP contribution < -0.4 is 10.6 Å². The number of carboxylic acid groups (broad SMARTS) is 1. The van der Waals surface area contributed by atoms with Gasteiger partial charge >= 0.3 is 12.1 Å². The number of carbonyl (C=O) groups excluding carboxylic acids is 2. The minimum absolute atomic E-state index is 0.0720. The van der Waals surface area contributed by atoms with E-state index in [0.29, 0.717) is 12.2 Å². The van der Waals surface area contributed by atoms with Crippen LogP contribution in [0.2, 0.25) is 0 Å². The second-order valence-electron chi connectivity index (χ2n) is 8.85. The molecule has 3 N–H and O–H groups in total. The van der Waals surface area contributed by atoms with Gasteiger partial charge in [-0.2, -0.15) is 0 Å². The first kappa shape index (κ1) is 23.9. The number of carboxylic acids is 1. The number of carbonyl (C=O) groups is 3. The average Bonchev–Trinajstić information content (AvgIpc) is 3.06. The Balaban J connectivity index is 2.15. The van der Waals surface area contributed by atoms with Crippen LogP contribution in [-0.4, -0.2) is 49.8 Å². The fourth-order valence-electron chi connectivity index (χ4n) is 2.71. The Hall–Kier alpha value is -3.36. The normalized spacial score (nSPS) is 12.7. The zero-order valence-electron chi connectivity index (χ0n) is 18.5. The fourth-order valence-corrected chi connectivity index (χ4v) is 2.71. The van der Waals surface area contributed by atoms with Crippen molar-refractivity contribution in [2.24, 2.45) is 0 Å². The number of alkyl carbamates (subject to hydrolysis) is 1. The molecule has 1 aromatic carbocycles. The van der Waals surface area contributed by atoms with Gasteiger partial charge in [-0.05, 0) is 40.2 Å². The van der Waals surface area contributed by atoms with E-state index in [9.17, 15) is 19.5 Å². The van der Waals surface area contributed by atoms with Crippen molar-refractivity contribution < 1.29 is 24.2 Å². The summed E-state index contributed by atoms with van der Waals surface area (Å²) in [5.74, 6) is -1.83. The summed E-state index contributed by atoms with van der Waals surface area (Å²) in [6.07, 6.45) is 2.73. The molecule has 31 heavy (non-hydrogen) atoms. The number of imidazole rings is 1. The lowest BCUT2D eigenvalue weighted by atomic mass is 10.0. The first-order valence-corrected chi connectivity index (χ1v) is 9.95. The summed E-state index contributed by atoms with van der Waals surface area (Å²) in [6.45, 7) is 8.47. The first-order valence-electron chi connectivity index (χ1n) is 9.95. The van der Waals surface area contributed by atoms with Gasteiger partial charge in [0.05, 0.1) is 12.0 Å². The SMILES string of the molecule is CC(C)(C)OC(=O)N[C@@H](Cc1cn(Cc2ccccc2)cn1)C(=O)NC(C)(C)C(=O)O. The summed E-state index contributed by atoms with van der Waals surface area (Å²) >= 11 is 0. The summed E-state index contributed by atoms with van der Waals surface area (Å²) in [4.78, 5) is 40.7. The van der Waals surface area contributed by atoms with E-state index in [2.05, 4.69) is 15.6 Å². The van der Waals surface area contributed by atoms with E-state index in [-0.39, 0.29) is 6.42 Å². The number of ether oxygens (including phenoxy) is 1. The molecule has 2 amide bonds. The molecule has 0 unspecified atom stereocenters. The highest BCUT2D eigenvalue weighted by atomic mass is 16.6. The topological polar surface area (TPSA) is 123 Å². The van der Waals surface area contributed by atoms with Crippen molar-refractivity contribution in [1.82, 2.24) is 20.2 Å². The molecular formula is C22H30N4O5. The van der Waals surface area contributed by atoms with Crippen LogP contribution in [0.4, 0.5) is 4.79 Å². The molecule has 0 radical (unpaired) electrons. The molecule has 0 saturated heterocycles. The van der Waals surface area contributed by atoms with E-state index < -0.39 is 35.2 Å². The van der Waals surface area contributed by atoms with Crippen LogP contribution >= 0.6 is 0 Å². The molecule has 9 nitrogen and oxygen atoms in total. The molecule has 9 heteroatoms. The summed E-state index contributed by atoms with van der Waals surface area (Å²) in [5, 5.41) is 14.3. The molecule has 0 aliphatic rings. The van der Waals surface area contributed by atoms with Crippen molar-refractivity contribution in [3.8, 4) is 0 Å². The minimum Gasteiger partial charge on any atom is -0.480 e. The van der Waals surface area contributed by atoms with Gasteiger partial charge in [-0.25, -0.2) is 14.6 Å². The Kier molecular flexibility index (Phi) is 7.43. The Labute approximate surface area is 181 Å². The lowest BCUT2D eigenvalue weighted by Crippen LogP contribution is -2.57. The zero-order valence-corrected chi connectivity index (χ0v) is 18.5. The van der Waals surface area contributed by atoms with Gasteiger partial charge in [-0.3, -0.25) is 4.79 Å². The number of nitrogens with one attached hydrogen (secondary N) is 2. The van der Waals surface area contributed by atoms with Crippen molar-refractivity contribution in [2.45, 2.75) is 64.8 Å². The lowest BCUT2D eigenvalue weighted by molar-refractivity contribution is -0.146. The highest BCUT2D eigenvalue weighted by Gasteiger charge is 2.33. The predicted octanol–water partition coefficient (Wildman–Crippen LogP) is 2.35. The van der Waals surface area contributed by atoms with E-state index in [1.54, 1.807) is 33.3 Å². The third kappa shape index (κ3) is 7.76. The number of benzene rings is 1. The largest absolute Gasteiger partial charge is 0.480 e. The van der Waals surface area contributed by atoms with Gasteiger partial charge in [0.15, 0.2) is 0 Å². The Morgan fingerprint density at radius 1 is 1.13 bits per heavy atom. The standard InChI is InChI=1S/C22H30N4O5/c1-21(2,3)31-20(30)24-17(18(27)25-22(4,5)19(28)29)11-16-13-26(14-23-16)12-15-9-7-6-8-10-15/h6-10,13-14,17H,11-12H2,1-5H3,(H,24,30)(H,25,27)(H,28,29)/t17-/m0/s1. The maximum Gasteiger partial charge on any atom is 0.408 e. The maximum absolute atomic E-state index is 12.8. The fraction of sp³-hybridized carbons (Fsp3) is 0.455. The van der Waals surface area contributed by atoms with Crippen LogP contribution in [0, 0.1) is 0 Å². The monoisotopic (exact) mass is 430 g/mol. The number of hydrogen-bond donors (Lipinski definition) is 3. The van der Waals surface area contributed by atoms with Crippen molar-refractivity contribution in [3.05, 3.63) is 54.1 Å². The highest BCUT2D eigenvalue weighted by Crippen LogP contribution is 2.10. The highest BCUT2D eigenvalue weighted by molar-refractivity contribution is 5.91. The molecule has 2 aromatic rings. The molecule has 0 saturated carbocycles. The molecule has 0 aliphatic heterocycles. The molecule has 1 atom stereocenters. The molecule has 0 fully saturated rings. The molecule has 0 aliphatic carbocycles. The van der Waals surface area contributed by atoms with Crippen LogP contribution in [0.1, 0.15) is 45.9 Å². The van der Waals surface area contributed by atoms with E-state index in [1.807, 2.05) is 34.9 Å². The van der Waals surface area contributed by atoms with Crippen LogP contribution in [0.15, 0.2) is 42.9 Å². The molecule has 1 aromatic heterocycles. The molecule has 1 heterocycles. The predicted molar refractivity (Wildman–Crippen MR) is 114 cm³/mol. The van der Waals surface area contributed by atoms with Crippen LogP contribution in [0.5, 0.6) is 0 Å². The van der Waals surface area contributed by atoms with Gasteiger partial charge < -0.3 is 25.0 Å². The number of hydrogen-bond acceptors (Lipinski definition) is 5. The van der Waals surface area contributed by atoms with Crippen molar-refractivity contribution in [3.63, 3.8) is 0 Å². The molecule has 0 spiro atoms. The van der Waals surface area contributed by atoms with Gasteiger partial charge in [0.1, 0.15) is 17.2 Å². The lowest BCUT2D eigenvalue weighted by Gasteiger charge is -2.26. The Morgan fingerprint density at radius 3 is 2.35 bits per heavy atom. The van der Waals surface area contributed by atoms with E-state index in [0.717, 1.165) is 5.56 Å². The quantitative estimate of drug-likeness (QED) is 0.591. The van der Waals surface area contributed by atoms with Crippen molar-refractivity contribution >= 4 is 18.0 Å².